The maximum absolute atomic E-state index is 12.3. The fraction of sp³-hybridized carbons (Fsp3) is 0.480. The summed E-state index contributed by atoms with van der Waals surface area (Å²) in [5.41, 5.74) is 1.27. The number of hydrogen-bond acceptors (Lipinski definition) is 7. The molecule has 0 radical (unpaired) electrons. The van der Waals surface area contributed by atoms with Crippen molar-refractivity contribution in [1.82, 2.24) is 19.4 Å². The summed E-state index contributed by atoms with van der Waals surface area (Å²) < 4.78 is 37.5. The van der Waals surface area contributed by atoms with Crippen LogP contribution in [0.4, 0.5) is 4.79 Å². The van der Waals surface area contributed by atoms with Crippen molar-refractivity contribution in [3.05, 3.63) is 41.9 Å². The van der Waals surface area contributed by atoms with E-state index in [1.807, 2.05) is 45.4 Å². The van der Waals surface area contributed by atoms with Gasteiger partial charge in [-0.25, -0.2) is 18.2 Å². The quantitative estimate of drug-likeness (QED) is 0.528. The minimum Gasteiger partial charge on any atom is -0.474 e. The van der Waals surface area contributed by atoms with Gasteiger partial charge < -0.3 is 18.9 Å². The summed E-state index contributed by atoms with van der Waals surface area (Å²) in [6.07, 6.45) is 4.12. The van der Waals surface area contributed by atoms with Crippen molar-refractivity contribution in [2.45, 2.75) is 64.1 Å². The van der Waals surface area contributed by atoms with E-state index >= 15 is 0 Å². The molecule has 2 aromatic heterocycles. The minimum absolute atomic E-state index is 0.0729. The zero-order valence-electron chi connectivity index (χ0n) is 21.0. The molecule has 0 saturated carbocycles. The van der Waals surface area contributed by atoms with Gasteiger partial charge in [0.05, 0.1) is 10.4 Å². The lowest BCUT2D eigenvalue weighted by molar-refractivity contribution is 0.0123. The Morgan fingerprint density at radius 3 is 2.40 bits per heavy atom. The molecular formula is C25H32N4O5S. The van der Waals surface area contributed by atoms with Crippen molar-refractivity contribution in [1.29, 1.82) is 0 Å². The van der Waals surface area contributed by atoms with Crippen molar-refractivity contribution in [3.63, 3.8) is 0 Å². The zero-order chi connectivity index (χ0) is 25.5. The standard InChI is InChI=1S/C25H32N4O5S/c1-16-15-29(21-8-7-19(13-20(16)21)35(6,31)32)22-14-23(27-17(2)26-22)33-18-9-11-28(12-10-18)24(30)34-25(3,4)5/h7-8,13-15,18H,9-12H2,1-6H3. The van der Waals surface area contributed by atoms with E-state index in [2.05, 4.69) is 9.97 Å². The van der Waals surface area contributed by atoms with Gasteiger partial charge in [0.1, 0.15) is 23.3 Å². The van der Waals surface area contributed by atoms with Gasteiger partial charge in [0.15, 0.2) is 9.84 Å². The van der Waals surface area contributed by atoms with Gasteiger partial charge in [-0.05, 0) is 58.4 Å². The fourth-order valence-electron chi connectivity index (χ4n) is 4.16. The highest BCUT2D eigenvalue weighted by Crippen LogP contribution is 2.28. The maximum Gasteiger partial charge on any atom is 0.410 e. The largest absolute Gasteiger partial charge is 0.474 e. The highest BCUT2D eigenvalue weighted by Gasteiger charge is 2.28. The first-order valence-corrected chi connectivity index (χ1v) is 13.5. The molecule has 1 aromatic carbocycles. The first kappa shape index (κ1) is 25.0. The van der Waals surface area contributed by atoms with E-state index in [9.17, 15) is 13.2 Å². The molecule has 9 nitrogen and oxygen atoms in total. The number of sulfone groups is 1. The lowest BCUT2D eigenvalue weighted by Gasteiger charge is -2.33. The van der Waals surface area contributed by atoms with E-state index in [0.29, 0.717) is 43.5 Å². The third-order valence-electron chi connectivity index (χ3n) is 5.83. The van der Waals surface area contributed by atoms with Gasteiger partial charge in [0.2, 0.25) is 5.88 Å². The third-order valence-corrected chi connectivity index (χ3v) is 6.94. The number of fused-ring (bicyclic) bond motifs is 1. The Kier molecular flexibility index (Phi) is 6.52. The van der Waals surface area contributed by atoms with Crippen LogP contribution in [0.2, 0.25) is 0 Å². The van der Waals surface area contributed by atoms with Gasteiger partial charge in [-0.2, -0.15) is 4.98 Å². The monoisotopic (exact) mass is 500 g/mol. The molecule has 1 fully saturated rings. The first-order chi connectivity index (χ1) is 16.3. The highest BCUT2D eigenvalue weighted by molar-refractivity contribution is 7.90. The molecule has 0 N–H and O–H groups in total. The predicted molar refractivity (Wildman–Crippen MR) is 133 cm³/mol. The van der Waals surface area contributed by atoms with Crippen LogP contribution >= 0.6 is 0 Å². The van der Waals surface area contributed by atoms with E-state index < -0.39 is 15.4 Å². The topological polar surface area (TPSA) is 104 Å². The average molecular weight is 501 g/mol. The Hall–Kier alpha value is -3.14. The first-order valence-electron chi connectivity index (χ1n) is 11.6. The van der Waals surface area contributed by atoms with Gasteiger partial charge in [-0.15, -0.1) is 0 Å². The van der Waals surface area contributed by atoms with E-state index in [1.165, 1.54) is 6.26 Å². The second-order valence-corrected chi connectivity index (χ2v) is 12.0. The number of nitrogens with zero attached hydrogens (tertiary/aromatic N) is 4. The number of ether oxygens (including phenoxy) is 2. The van der Waals surface area contributed by atoms with Gasteiger partial charge in [0.25, 0.3) is 0 Å². The van der Waals surface area contributed by atoms with Crippen molar-refractivity contribution >= 4 is 26.8 Å². The molecule has 35 heavy (non-hydrogen) atoms. The molecule has 3 heterocycles. The number of rotatable bonds is 4. The highest BCUT2D eigenvalue weighted by atomic mass is 32.2. The zero-order valence-corrected chi connectivity index (χ0v) is 21.8. The van der Waals surface area contributed by atoms with Crippen LogP contribution < -0.4 is 4.74 Å². The van der Waals surface area contributed by atoms with E-state index in [-0.39, 0.29) is 17.1 Å². The van der Waals surface area contributed by atoms with E-state index in [1.54, 1.807) is 29.2 Å². The van der Waals surface area contributed by atoms with E-state index in [4.69, 9.17) is 9.47 Å². The molecule has 0 spiro atoms. The molecule has 10 heteroatoms. The molecule has 0 bridgehead atoms. The summed E-state index contributed by atoms with van der Waals surface area (Å²) in [5, 5.41) is 0.848. The third kappa shape index (κ3) is 5.75. The van der Waals surface area contributed by atoms with Gasteiger partial charge in [0, 0.05) is 49.8 Å². The van der Waals surface area contributed by atoms with Crippen molar-refractivity contribution in [3.8, 4) is 11.7 Å². The van der Waals surface area contributed by atoms with Crippen LogP contribution in [0.1, 0.15) is 45.0 Å². The normalized spacial score (nSPS) is 15.4. The fourth-order valence-corrected chi connectivity index (χ4v) is 4.80. The maximum atomic E-state index is 12.3. The lowest BCUT2D eigenvalue weighted by Crippen LogP contribution is -2.44. The van der Waals surface area contributed by atoms with Crippen molar-refractivity contribution in [2.75, 3.05) is 19.3 Å². The summed E-state index contributed by atoms with van der Waals surface area (Å²) in [6.45, 7) is 10.4. The predicted octanol–water partition coefficient (Wildman–Crippen LogP) is 4.22. The SMILES string of the molecule is Cc1nc(OC2CCN(C(=O)OC(C)(C)C)CC2)cc(-n2cc(C)c3cc(S(C)(=O)=O)ccc32)n1. The Morgan fingerprint density at radius 1 is 1.09 bits per heavy atom. The number of carbonyl (C=O) groups excluding carboxylic acids is 1. The van der Waals surface area contributed by atoms with Gasteiger partial charge >= 0.3 is 6.09 Å². The van der Waals surface area contributed by atoms with Crippen LogP contribution in [0.15, 0.2) is 35.4 Å². The summed E-state index contributed by atoms with van der Waals surface area (Å²) in [7, 11) is -3.30. The van der Waals surface area contributed by atoms with Crippen LogP contribution in [-0.2, 0) is 14.6 Å². The van der Waals surface area contributed by atoms with Crippen LogP contribution in [0, 0.1) is 13.8 Å². The molecule has 3 aromatic rings. The van der Waals surface area contributed by atoms with Gasteiger partial charge in [-0.1, -0.05) is 0 Å². The molecule has 188 valence electrons. The number of aryl methyl sites for hydroxylation is 2. The summed E-state index contributed by atoms with van der Waals surface area (Å²) in [6, 6.07) is 6.89. The second kappa shape index (κ2) is 9.14. The number of likely N-dealkylation sites (tertiary alicyclic amines) is 1. The second-order valence-electron chi connectivity index (χ2n) is 10.0. The molecule has 0 atom stereocenters. The average Bonchev–Trinajstić information content (AvgIpc) is 3.08. The summed E-state index contributed by atoms with van der Waals surface area (Å²) in [4.78, 5) is 23.4. The number of aromatic nitrogens is 3. The molecule has 0 unspecified atom stereocenters. The lowest BCUT2D eigenvalue weighted by atomic mass is 10.1. The van der Waals surface area contributed by atoms with Crippen LogP contribution in [0.3, 0.4) is 0 Å². The van der Waals surface area contributed by atoms with Crippen LogP contribution in [0.25, 0.3) is 16.7 Å². The summed E-state index contributed by atoms with van der Waals surface area (Å²) >= 11 is 0. The van der Waals surface area contributed by atoms with Gasteiger partial charge in [-0.3, -0.25) is 0 Å². The number of benzene rings is 1. The molecule has 1 aliphatic rings. The Morgan fingerprint density at radius 2 is 1.77 bits per heavy atom. The Labute approximate surface area is 206 Å². The number of piperidine rings is 1. The minimum atomic E-state index is -3.30. The number of carbonyl (C=O) groups is 1. The van der Waals surface area contributed by atoms with Crippen molar-refractivity contribution in [2.24, 2.45) is 0 Å². The molecule has 1 saturated heterocycles. The van der Waals surface area contributed by atoms with E-state index in [0.717, 1.165) is 16.5 Å². The summed E-state index contributed by atoms with van der Waals surface area (Å²) in [5.74, 6) is 1.68. The smallest absolute Gasteiger partial charge is 0.410 e. The number of hydrogen-bond donors (Lipinski definition) is 0. The molecule has 1 amide bonds. The Balaban J connectivity index is 1.53. The van der Waals surface area contributed by atoms with Crippen LogP contribution in [0.5, 0.6) is 5.88 Å². The van der Waals surface area contributed by atoms with Crippen molar-refractivity contribution < 1.29 is 22.7 Å². The Bertz CT molecular complexity index is 1370. The molecule has 4 rings (SSSR count). The molecule has 1 aliphatic heterocycles. The molecule has 0 aliphatic carbocycles. The molecular weight excluding hydrogens is 468 g/mol. The van der Waals surface area contributed by atoms with Crippen LogP contribution in [-0.4, -0.2) is 65.0 Å². The number of amides is 1.